The van der Waals surface area contributed by atoms with Gasteiger partial charge in [0.05, 0.1) is 5.92 Å². The first-order chi connectivity index (χ1) is 16.9. The SMILES string of the molecule is CC(=O)N1CC[C@H](C(=O)Nc2ccc(C)cc2C)C1c1nnc(CCC2CCCCC2)n1C1CC1. The minimum Gasteiger partial charge on any atom is -0.332 e. The smallest absolute Gasteiger partial charge is 0.230 e. The molecule has 1 aliphatic heterocycles. The van der Waals surface area contributed by atoms with Gasteiger partial charge in [0.1, 0.15) is 11.9 Å². The van der Waals surface area contributed by atoms with Crippen molar-refractivity contribution in [1.82, 2.24) is 19.7 Å². The fourth-order valence-electron chi connectivity index (χ4n) is 6.17. The van der Waals surface area contributed by atoms with Gasteiger partial charge in [0.2, 0.25) is 11.8 Å². The van der Waals surface area contributed by atoms with Crippen LogP contribution in [0.15, 0.2) is 18.2 Å². The molecule has 0 radical (unpaired) electrons. The Balaban J connectivity index is 1.40. The Hall–Kier alpha value is -2.70. The number of rotatable bonds is 7. The van der Waals surface area contributed by atoms with Gasteiger partial charge in [-0.05, 0) is 57.1 Å². The van der Waals surface area contributed by atoms with E-state index in [1.165, 1.54) is 37.7 Å². The topological polar surface area (TPSA) is 80.1 Å². The van der Waals surface area contributed by atoms with Crippen LogP contribution in [-0.2, 0) is 16.0 Å². The molecule has 7 nitrogen and oxygen atoms in total. The van der Waals surface area contributed by atoms with E-state index in [0.717, 1.165) is 54.5 Å². The number of benzene rings is 1. The van der Waals surface area contributed by atoms with E-state index >= 15 is 0 Å². The fraction of sp³-hybridized carbons (Fsp3) is 0.643. The number of nitrogens with zero attached hydrogens (tertiary/aromatic N) is 4. The van der Waals surface area contributed by atoms with Crippen molar-refractivity contribution < 1.29 is 9.59 Å². The molecule has 2 amide bonds. The number of anilines is 1. The number of carbonyl (C=O) groups is 2. The van der Waals surface area contributed by atoms with Crippen LogP contribution in [0.5, 0.6) is 0 Å². The van der Waals surface area contributed by atoms with Gasteiger partial charge in [0, 0.05) is 31.6 Å². The van der Waals surface area contributed by atoms with Crippen LogP contribution in [0.2, 0.25) is 0 Å². The Morgan fingerprint density at radius 3 is 2.49 bits per heavy atom. The van der Waals surface area contributed by atoms with Gasteiger partial charge >= 0.3 is 0 Å². The molecule has 7 heteroatoms. The molecule has 1 unspecified atom stereocenters. The van der Waals surface area contributed by atoms with Crippen LogP contribution in [0.4, 0.5) is 5.69 Å². The van der Waals surface area contributed by atoms with Crippen LogP contribution in [0.1, 0.15) is 99.6 Å². The number of aryl methyl sites for hydroxylation is 3. The van der Waals surface area contributed by atoms with Crippen LogP contribution in [0.3, 0.4) is 0 Å². The molecule has 35 heavy (non-hydrogen) atoms. The van der Waals surface area contributed by atoms with Crippen molar-refractivity contribution in [3.05, 3.63) is 41.0 Å². The lowest BCUT2D eigenvalue weighted by atomic mass is 9.86. The lowest BCUT2D eigenvalue weighted by Gasteiger charge is -2.27. The number of amides is 2. The second-order valence-electron chi connectivity index (χ2n) is 11.0. The van der Waals surface area contributed by atoms with Crippen LogP contribution in [0.25, 0.3) is 0 Å². The van der Waals surface area contributed by atoms with Crippen molar-refractivity contribution in [3.63, 3.8) is 0 Å². The molecule has 188 valence electrons. The molecule has 1 N–H and O–H groups in total. The quantitative estimate of drug-likeness (QED) is 0.587. The van der Waals surface area contributed by atoms with Gasteiger partial charge in [-0.15, -0.1) is 10.2 Å². The summed E-state index contributed by atoms with van der Waals surface area (Å²) >= 11 is 0. The highest BCUT2D eigenvalue weighted by atomic mass is 16.2. The normalized spacial score (nSPS) is 23.0. The first-order valence-electron chi connectivity index (χ1n) is 13.5. The molecule has 2 heterocycles. The predicted molar refractivity (Wildman–Crippen MR) is 136 cm³/mol. The van der Waals surface area contributed by atoms with Gasteiger partial charge in [-0.3, -0.25) is 9.59 Å². The minimum absolute atomic E-state index is 0.00841. The Bertz CT molecular complexity index is 1080. The van der Waals surface area contributed by atoms with E-state index in [4.69, 9.17) is 0 Å². The van der Waals surface area contributed by atoms with Crippen LogP contribution >= 0.6 is 0 Å². The van der Waals surface area contributed by atoms with Crippen molar-refractivity contribution in [2.24, 2.45) is 11.8 Å². The van der Waals surface area contributed by atoms with Gasteiger partial charge < -0.3 is 14.8 Å². The summed E-state index contributed by atoms with van der Waals surface area (Å²) in [6.45, 7) is 6.23. The Labute approximate surface area is 208 Å². The second kappa shape index (κ2) is 10.1. The van der Waals surface area contributed by atoms with Crippen molar-refractivity contribution in [2.75, 3.05) is 11.9 Å². The zero-order chi connectivity index (χ0) is 24.5. The monoisotopic (exact) mass is 477 g/mol. The number of carbonyl (C=O) groups excluding carboxylic acids is 2. The van der Waals surface area contributed by atoms with E-state index in [1.54, 1.807) is 6.92 Å². The summed E-state index contributed by atoms with van der Waals surface area (Å²) in [5.74, 6) is 2.24. The van der Waals surface area contributed by atoms with Gasteiger partial charge in [0.15, 0.2) is 5.82 Å². The van der Waals surface area contributed by atoms with Gasteiger partial charge in [-0.25, -0.2) is 0 Å². The summed E-state index contributed by atoms with van der Waals surface area (Å²) in [5, 5.41) is 12.5. The second-order valence-corrected chi connectivity index (χ2v) is 11.0. The number of aromatic nitrogens is 3. The number of hydrogen-bond donors (Lipinski definition) is 1. The third-order valence-corrected chi connectivity index (χ3v) is 8.25. The molecule has 0 bridgehead atoms. The van der Waals surface area contributed by atoms with Crippen molar-refractivity contribution >= 4 is 17.5 Å². The summed E-state index contributed by atoms with van der Waals surface area (Å²) < 4.78 is 2.30. The van der Waals surface area contributed by atoms with E-state index in [-0.39, 0.29) is 23.8 Å². The van der Waals surface area contributed by atoms with E-state index in [0.29, 0.717) is 19.0 Å². The molecule has 1 aromatic carbocycles. The molecular weight excluding hydrogens is 438 g/mol. The molecule has 3 fully saturated rings. The van der Waals surface area contributed by atoms with Crippen molar-refractivity contribution in [1.29, 1.82) is 0 Å². The first kappa shape index (κ1) is 24.0. The van der Waals surface area contributed by atoms with E-state index in [1.807, 2.05) is 30.9 Å². The summed E-state index contributed by atoms with van der Waals surface area (Å²) in [6.07, 6.45) is 11.7. The lowest BCUT2D eigenvalue weighted by Crippen LogP contribution is -2.35. The van der Waals surface area contributed by atoms with Crippen molar-refractivity contribution in [3.8, 4) is 0 Å². The largest absolute Gasteiger partial charge is 0.332 e. The standard InChI is InChI=1S/C28H39N5O2/c1-18-9-13-24(19(2)17-18)29-28(35)23-15-16-32(20(3)34)26(23)27-31-30-25(33(27)22-11-12-22)14-10-21-7-5-4-6-8-21/h9,13,17,21-23,26H,4-8,10-12,14-16H2,1-3H3,(H,29,35)/t23-,26?/m0/s1. The maximum Gasteiger partial charge on any atom is 0.230 e. The third kappa shape index (κ3) is 5.14. The highest BCUT2D eigenvalue weighted by Crippen LogP contribution is 2.43. The first-order valence-corrected chi connectivity index (χ1v) is 13.5. The molecular formula is C28H39N5O2. The minimum atomic E-state index is -0.366. The third-order valence-electron chi connectivity index (χ3n) is 8.25. The average Bonchev–Trinajstić information content (AvgIpc) is 3.43. The van der Waals surface area contributed by atoms with Gasteiger partial charge in [0.25, 0.3) is 0 Å². The van der Waals surface area contributed by atoms with Crippen LogP contribution in [-0.4, -0.2) is 38.0 Å². The molecule has 5 rings (SSSR count). The lowest BCUT2D eigenvalue weighted by molar-refractivity contribution is -0.131. The average molecular weight is 478 g/mol. The molecule has 2 atom stereocenters. The number of likely N-dealkylation sites (tertiary alicyclic amines) is 1. The molecule has 2 aromatic rings. The maximum absolute atomic E-state index is 13.5. The van der Waals surface area contributed by atoms with E-state index in [9.17, 15) is 9.59 Å². The molecule has 1 saturated heterocycles. The Kier molecular flexibility index (Phi) is 6.94. The predicted octanol–water partition coefficient (Wildman–Crippen LogP) is 5.29. The zero-order valence-corrected chi connectivity index (χ0v) is 21.4. The maximum atomic E-state index is 13.5. The van der Waals surface area contributed by atoms with Crippen LogP contribution < -0.4 is 5.32 Å². The molecule has 3 aliphatic rings. The molecule has 1 aromatic heterocycles. The Morgan fingerprint density at radius 1 is 1.03 bits per heavy atom. The van der Waals surface area contributed by atoms with Crippen molar-refractivity contribution in [2.45, 2.75) is 97.1 Å². The summed E-state index contributed by atoms with van der Waals surface area (Å²) in [4.78, 5) is 28.0. The summed E-state index contributed by atoms with van der Waals surface area (Å²) in [6, 6.07) is 6.09. The molecule has 2 aliphatic carbocycles. The number of hydrogen-bond acceptors (Lipinski definition) is 4. The molecule has 2 saturated carbocycles. The zero-order valence-electron chi connectivity index (χ0n) is 21.4. The van der Waals surface area contributed by atoms with E-state index < -0.39 is 0 Å². The van der Waals surface area contributed by atoms with Gasteiger partial charge in [-0.2, -0.15) is 0 Å². The highest BCUT2D eigenvalue weighted by molar-refractivity contribution is 5.94. The van der Waals surface area contributed by atoms with Crippen LogP contribution in [0, 0.1) is 25.7 Å². The Morgan fingerprint density at radius 2 is 1.80 bits per heavy atom. The highest BCUT2D eigenvalue weighted by Gasteiger charge is 2.45. The van der Waals surface area contributed by atoms with E-state index in [2.05, 4.69) is 26.1 Å². The number of nitrogens with one attached hydrogen (secondary N) is 1. The summed E-state index contributed by atoms with van der Waals surface area (Å²) in [7, 11) is 0. The fourth-order valence-corrected chi connectivity index (χ4v) is 6.17. The van der Waals surface area contributed by atoms with Gasteiger partial charge in [-0.1, -0.05) is 49.8 Å². The molecule has 0 spiro atoms. The summed E-state index contributed by atoms with van der Waals surface area (Å²) in [5.41, 5.74) is 3.04.